The molecule has 34 heavy (non-hydrogen) atoms. The maximum Gasteiger partial charge on any atom is 0.242 e. The van der Waals surface area contributed by atoms with Crippen molar-refractivity contribution in [3.63, 3.8) is 0 Å². The molecule has 2 aliphatic rings. The summed E-state index contributed by atoms with van der Waals surface area (Å²) in [6.45, 7) is 9.88. The van der Waals surface area contributed by atoms with Crippen molar-refractivity contribution in [1.29, 1.82) is 0 Å². The minimum Gasteiger partial charge on any atom is -0.292 e. The van der Waals surface area contributed by atoms with Crippen molar-refractivity contribution in [2.24, 2.45) is 5.92 Å². The van der Waals surface area contributed by atoms with Crippen LogP contribution in [-0.2, 0) is 15.0 Å². The van der Waals surface area contributed by atoms with E-state index in [1.54, 1.807) is 34.6 Å². The molecule has 174 valence electrons. The van der Waals surface area contributed by atoms with Gasteiger partial charge in [-0.3, -0.25) is 24.4 Å². The highest BCUT2D eigenvalue weighted by molar-refractivity contribution is 6.12. The number of aryl methyl sites for hydroxylation is 1. The average Bonchev–Trinajstić information content (AvgIpc) is 3.29. The van der Waals surface area contributed by atoms with Gasteiger partial charge in [0, 0.05) is 30.4 Å². The topological polar surface area (TPSA) is 92.2 Å². The zero-order valence-corrected chi connectivity index (χ0v) is 20.1. The van der Waals surface area contributed by atoms with Gasteiger partial charge in [0.25, 0.3) is 0 Å². The maximum atomic E-state index is 13.6. The van der Waals surface area contributed by atoms with E-state index in [1.165, 1.54) is 0 Å². The van der Waals surface area contributed by atoms with Crippen LogP contribution in [0.4, 0.5) is 17.3 Å². The van der Waals surface area contributed by atoms with Crippen LogP contribution in [0.2, 0.25) is 0 Å². The highest BCUT2D eigenvalue weighted by atomic mass is 16.2. The molecule has 0 saturated carbocycles. The molecule has 8 nitrogen and oxygen atoms in total. The molecule has 3 aromatic rings. The number of rotatable bonds is 4. The smallest absolute Gasteiger partial charge is 0.242 e. The summed E-state index contributed by atoms with van der Waals surface area (Å²) in [6, 6.07) is 6.02. The molecule has 2 aliphatic heterocycles. The fraction of sp³-hybridized carbons (Fsp3) is 0.385. The molecule has 4 heterocycles. The third-order valence-corrected chi connectivity index (χ3v) is 6.87. The van der Waals surface area contributed by atoms with Gasteiger partial charge in [-0.05, 0) is 50.3 Å². The Morgan fingerprint density at radius 1 is 1.00 bits per heavy atom. The van der Waals surface area contributed by atoms with E-state index in [0.717, 1.165) is 28.8 Å². The standard InChI is InChI=1S/C26H28N6O2/c1-15(2)20-8-9-24(33)31(20)22-13-27-14-23(30-22)32-21-10-17(18-11-28-16(3)29-12-18)6-7-19(21)26(4,5)25(32)34/h6-7,10-15,20H,8-9H2,1-5H3/t20-/m1/s1. The van der Waals surface area contributed by atoms with Crippen LogP contribution < -0.4 is 9.80 Å². The van der Waals surface area contributed by atoms with Gasteiger partial charge in [-0.2, -0.15) is 0 Å². The fourth-order valence-electron chi connectivity index (χ4n) is 4.90. The third-order valence-electron chi connectivity index (χ3n) is 6.87. The fourth-order valence-corrected chi connectivity index (χ4v) is 4.90. The summed E-state index contributed by atoms with van der Waals surface area (Å²) in [5, 5.41) is 0. The van der Waals surface area contributed by atoms with Crippen molar-refractivity contribution >= 4 is 29.1 Å². The van der Waals surface area contributed by atoms with Gasteiger partial charge in [-0.1, -0.05) is 26.0 Å². The monoisotopic (exact) mass is 456 g/mol. The van der Waals surface area contributed by atoms with Crippen molar-refractivity contribution in [2.75, 3.05) is 9.80 Å². The SMILES string of the molecule is Cc1ncc(-c2ccc3c(c2)N(c2cncc(N4C(=O)CC[C@@H]4C(C)C)n2)C(=O)C3(C)C)cn1. The molecule has 0 aliphatic carbocycles. The van der Waals surface area contributed by atoms with E-state index in [0.29, 0.717) is 29.8 Å². The number of aromatic nitrogens is 4. The van der Waals surface area contributed by atoms with Crippen molar-refractivity contribution in [3.8, 4) is 11.1 Å². The Labute approximate surface area is 199 Å². The third kappa shape index (κ3) is 3.45. The normalized spacial score (nSPS) is 19.3. The molecule has 1 aromatic carbocycles. The Bertz CT molecular complexity index is 1280. The number of amides is 2. The summed E-state index contributed by atoms with van der Waals surface area (Å²) in [5.41, 5.74) is 2.73. The van der Waals surface area contributed by atoms with Gasteiger partial charge in [0.05, 0.1) is 23.5 Å². The highest BCUT2D eigenvalue weighted by Crippen LogP contribution is 2.46. The lowest BCUT2D eigenvalue weighted by molar-refractivity contribution is -0.121. The highest BCUT2D eigenvalue weighted by Gasteiger charge is 2.45. The van der Waals surface area contributed by atoms with Crippen LogP contribution in [0.25, 0.3) is 11.1 Å². The van der Waals surface area contributed by atoms with E-state index in [9.17, 15) is 9.59 Å². The van der Waals surface area contributed by atoms with Gasteiger partial charge < -0.3 is 0 Å². The van der Waals surface area contributed by atoms with E-state index in [-0.39, 0.29) is 17.9 Å². The van der Waals surface area contributed by atoms with Crippen LogP contribution in [-0.4, -0.2) is 37.8 Å². The summed E-state index contributed by atoms with van der Waals surface area (Å²) in [4.78, 5) is 47.4. The second kappa shape index (κ2) is 7.97. The molecule has 2 aromatic heterocycles. The minimum atomic E-state index is -0.723. The molecule has 1 atom stereocenters. The summed E-state index contributed by atoms with van der Waals surface area (Å²) in [5.74, 6) is 1.85. The second-order valence-electron chi connectivity index (χ2n) is 9.87. The van der Waals surface area contributed by atoms with Crippen LogP contribution in [0.1, 0.15) is 51.9 Å². The number of hydrogen-bond donors (Lipinski definition) is 0. The molecule has 5 rings (SSSR count). The molecule has 0 spiro atoms. The quantitative estimate of drug-likeness (QED) is 0.580. The summed E-state index contributed by atoms with van der Waals surface area (Å²) in [7, 11) is 0. The number of hydrogen-bond acceptors (Lipinski definition) is 6. The van der Waals surface area contributed by atoms with Gasteiger partial charge in [0.2, 0.25) is 11.8 Å². The molecule has 2 amide bonds. The van der Waals surface area contributed by atoms with E-state index in [4.69, 9.17) is 4.98 Å². The molecular weight excluding hydrogens is 428 g/mol. The molecule has 0 unspecified atom stereocenters. The summed E-state index contributed by atoms with van der Waals surface area (Å²) >= 11 is 0. The first kappa shape index (κ1) is 22.1. The Morgan fingerprint density at radius 2 is 1.71 bits per heavy atom. The van der Waals surface area contributed by atoms with Gasteiger partial charge in [-0.15, -0.1) is 0 Å². The van der Waals surface area contributed by atoms with Gasteiger partial charge >= 0.3 is 0 Å². The number of nitrogens with zero attached hydrogens (tertiary/aromatic N) is 6. The predicted octanol–water partition coefficient (Wildman–Crippen LogP) is 4.35. The van der Waals surface area contributed by atoms with Gasteiger partial charge in [0.15, 0.2) is 11.6 Å². The zero-order chi connectivity index (χ0) is 24.2. The number of anilines is 3. The van der Waals surface area contributed by atoms with E-state index in [1.807, 2.05) is 39.0 Å². The first-order valence-corrected chi connectivity index (χ1v) is 11.6. The molecule has 1 fully saturated rings. The lowest BCUT2D eigenvalue weighted by Gasteiger charge is -2.27. The molecule has 0 bridgehead atoms. The number of carbonyl (C=O) groups excluding carboxylic acids is 2. The summed E-state index contributed by atoms with van der Waals surface area (Å²) in [6.07, 6.45) is 8.04. The van der Waals surface area contributed by atoms with E-state index in [2.05, 4.69) is 28.8 Å². The molecule has 1 saturated heterocycles. The largest absolute Gasteiger partial charge is 0.292 e. The van der Waals surface area contributed by atoms with Crippen LogP contribution in [0.5, 0.6) is 0 Å². The van der Waals surface area contributed by atoms with Crippen LogP contribution in [0.15, 0.2) is 43.0 Å². The Hall–Kier alpha value is -3.68. The van der Waals surface area contributed by atoms with Crippen LogP contribution in [0.3, 0.4) is 0 Å². The lowest BCUT2D eigenvalue weighted by atomic mass is 9.85. The Morgan fingerprint density at radius 3 is 2.41 bits per heavy atom. The van der Waals surface area contributed by atoms with E-state index < -0.39 is 5.41 Å². The van der Waals surface area contributed by atoms with Gasteiger partial charge in [0.1, 0.15) is 5.82 Å². The predicted molar refractivity (Wildman–Crippen MR) is 130 cm³/mol. The van der Waals surface area contributed by atoms with Gasteiger partial charge in [-0.25, -0.2) is 15.0 Å². The first-order chi connectivity index (χ1) is 16.2. The summed E-state index contributed by atoms with van der Waals surface area (Å²) < 4.78 is 0. The first-order valence-electron chi connectivity index (χ1n) is 11.6. The molecule has 0 N–H and O–H groups in total. The lowest BCUT2D eigenvalue weighted by Crippen LogP contribution is -2.38. The zero-order valence-electron chi connectivity index (χ0n) is 20.1. The number of carbonyl (C=O) groups is 2. The maximum absolute atomic E-state index is 13.6. The molecule has 0 radical (unpaired) electrons. The Balaban J connectivity index is 1.60. The van der Waals surface area contributed by atoms with Crippen molar-refractivity contribution in [2.45, 2.75) is 58.9 Å². The second-order valence-corrected chi connectivity index (χ2v) is 9.87. The molecular formula is C26H28N6O2. The van der Waals surface area contributed by atoms with Crippen LogP contribution in [0, 0.1) is 12.8 Å². The van der Waals surface area contributed by atoms with E-state index >= 15 is 0 Å². The van der Waals surface area contributed by atoms with Crippen molar-refractivity contribution < 1.29 is 9.59 Å². The van der Waals surface area contributed by atoms with Crippen molar-refractivity contribution in [3.05, 3.63) is 54.4 Å². The molecule has 8 heteroatoms. The van der Waals surface area contributed by atoms with Crippen LogP contribution >= 0.6 is 0 Å². The Kier molecular flexibility index (Phi) is 5.19. The average molecular weight is 457 g/mol. The van der Waals surface area contributed by atoms with Crippen molar-refractivity contribution in [1.82, 2.24) is 19.9 Å². The number of fused-ring (bicyclic) bond motifs is 1. The number of benzene rings is 1. The minimum absolute atomic E-state index is 0.0419.